The summed E-state index contributed by atoms with van der Waals surface area (Å²) in [7, 11) is 0. The number of likely N-dealkylation sites (tertiary alicyclic amines) is 1. The van der Waals surface area contributed by atoms with Gasteiger partial charge in [-0.2, -0.15) is 0 Å². The predicted octanol–water partition coefficient (Wildman–Crippen LogP) is 0.833. The molecule has 0 radical (unpaired) electrons. The molecule has 1 heterocycles. The quantitative estimate of drug-likeness (QED) is 0.667. The second-order valence-corrected chi connectivity index (χ2v) is 4.55. The van der Waals surface area contributed by atoms with E-state index in [9.17, 15) is 5.11 Å². The van der Waals surface area contributed by atoms with Crippen molar-refractivity contribution in [1.29, 1.82) is 0 Å². The highest BCUT2D eigenvalue weighted by Crippen LogP contribution is 2.13. The second kappa shape index (κ2) is 5.69. The molecular weight excluding hydrogens is 176 g/mol. The average Bonchev–Trinajstić information content (AvgIpc) is 2.68. The van der Waals surface area contributed by atoms with Crippen molar-refractivity contribution in [2.24, 2.45) is 0 Å². The van der Waals surface area contributed by atoms with E-state index in [2.05, 4.69) is 24.1 Å². The van der Waals surface area contributed by atoms with Crippen molar-refractivity contribution in [1.82, 2.24) is 10.2 Å². The fourth-order valence-corrected chi connectivity index (χ4v) is 2.06. The summed E-state index contributed by atoms with van der Waals surface area (Å²) in [6.45, 7) is 8.95. The van der Waals surface area contributed by atoms with Crippen molar-refractivity contribution >= 4 is 0 Å². The minimum Gasteiger partial charge on any atom is -0.394 e. The molecule has 1 fully saturated rings. The molecule has 3 nitrogen and oxygen atoms in total. The Bertz CT molecular complexity index is 157. The van der Waals surface area contributed by atoms with Crippen LogP contribution in [0.3, 0.4) is 0 Å². The number of hydrogen-bond acceptors (Lipinski definition) is 3. The molecule has 1 unspecified atom stereocenters. The van der Waals surface area contributed by atoms with Crippen LogP contribution in [0.25, 0.3) is 0 Å². The summed E-state index contributed by atoms with van der Waals surface area (Å²) >= 11 is 0. The number of aliphatic hydroxyl groups is 1. The molecule has 0 amide bonds. The molecule has 1 aliphatic rings. The molecular formula is C11H24N2O. The Morgan fingerprint density at radius 2 is 2.00 bits per heavy atom. The van der Waals surface area contributed by atoms with Gasteiger partial charge < -0.3 is 15.3 Å². The molecule has 0 aromatic heterocycles. The molecule has 3 heteroatoms. The highest BCUT2D eigenvalue weighted by atomic mass is 16.3. The Balaban J connectivity index is 2.25. The highest BCUT2D eigenvalue weighted by Gasteiger charge is 2.23. The standard InChI is InChI=1S/C11H24N2O/c1-3-12-11(2,10-14)6-9-13-7-4-5-8-13/h12,14H,3-10H2,1-2H3. The third-order valence-corrected chi connectivity index (χ3v) is 3.13. The van der Waals surface area contributed by atoms with Crippen LogP contribution in [0.1, 0.15) is 33.1 Å². The van der Waals surface area contributed by atoms with E-state index in [1.54, 1.807) is 0 Å². The number of likely N-dealkylation sites (N-methyl/N-ethyl adjacent to an activating group) is 1. The third-order valence-electron chi connectivity index (χ3n) is 3.13. The highest BCUT2D eigenvalue weighted by molar-refractivity contribution is 4.83. The van der Waals surface area contributed by atoms with Crippen LogP contribution in [-0.4, -0.2) is 48.3 Å². The Morgan fingerprint density at radius 3 is 2.50 bits per heavy atom. The Hall–Kier alpha value is -0.120. The lowest BCUT2D eigenvalue weighted by molar-refractivity contribution is 0.153. The number of rotatable bonds is 6. The van der Waals surface area contributed by atoms with Gasteiger partial charge in [-0.3, -0.25) is 0 Å². The fraction of sp³-hybridized carbons (Fsp3) is 1.00. The van der Waals surface area contributed by atoms with Crippen LogP contribution in [0.2, 0.25) is 0 Å². The van der Waals surface area contributed by atoms with Crippen molar-refractivity contribution in [3.63, 3.8) is 0 Å². The van der Waals surface area contributed by atoms with E-state index in [1.165, 1.54) is 25.9 Å². The van der Waals surface area contributed by atoms with Crippen LogP contribution in [-0.2, 0) is 0 Å². The summed E-state index contributed by atoms with van der Waals surface area (Å²) < 4.78 is 0. The predicted molar refractivity (Wildman–Crippen MR) is 59.5 cm³/mol. The lowest BCUT2D eigenvalue weighted by Crippen LogP contribution is -2.47. The first kappa shape index (κ1) is 12.0. The van der Waals surface area contributed by atoms with Gasteiger partial charge >= 0.3 is 0 Å². The minimum atomic E-state index is -0.0860. The molecule has 0 bridgehead atoms. The van der Waals surface area contributed by atoms with Gasteiger partial charge in [-0.15, -0.1) is 0 Å². The van der Waals surface area contributed by atoms with Crippen LogP contribution in [0.15, 0.2) is 0 Å². The van der Waals surface area contributed by atoms with Gasteiger partial charge in [0.1, 0.15) is 0 Å². The van der Waals surface area contributed by atoms with Gasteiger partial charge in [0.2, 0.25) is 0 Å². The van der Waals surface area contributed by atoms with Gasteiger partial charge in [-0.25, -0.2) is 0 Å². The zero-order valence-electron chi connectivity index (χ0n) is 9.55. The summed E-state index contributed by atoms with van der Waals surface area (Å²) in [6, 6.07) is 0. The summed E-state index contributed by atoms with van der Waals surface area (Å²) in [5, 5.41) is 12.7. The molecule has 2 N–H and O–H groups in total. The first-order valence-electron chi connectivity index (χ1n) is 5.78. The summed E-state index contributed by atoms with van der Waals surface area (Å²) in [4.78, 5) is 2.49. The maximum absolute atomic E-state index is 9.31. The average molecular weight is 200 g/mol. The number of nitrogens with zero attached hydrogens (tertiary/aromatic N) is 1. The maximum Gasteiger partial charge on any atom is 0.0611 e. The molecule has 14 heavy (non-hydrogen) atoms. The van der Waals surface area contributed by atoms with Gasteiger partial charge in [0.25, 0.3) is 0 Å². The van der Waals surface area contributed by atoms with E-state index in [4.69, 9.17) is 0 Å². The second-order valence-electron chi connectivity index (χ2n) is 4.55. The molecule has 1 atom stereocenters. The Morgan fingerprint density at radius 1 is 1.36 bits per heavy atom. The first-order valence-corrected chi connectivity index (χ1v) is 5.78. The molecule has 1 aliphatic heterocycles. The Kier molecular flexibility index (Phi) is 4.85. The molecule has 84 valence electrons. The van der Waals surface area contributed by atoms with E-state index >= 15 is 0 Å². The van der Waals surface area contributed by atoms with Crippen molar-refractivity contribution in [3.05, 3.63) is 0 Å². The van der Waals surface area contributed by atoms with Gasteiger partial charge in [0.15, 0.2) is 0 Å². The van der Waals surface area contributed by atoms with Crippen LogP contribution >= 0.6 is 0 Å². The van der Waals surface area contributed by atoms with Crippen LogP contribution in [0.5, 0.6) is 0 Å². The zero-order valence-corrected chi connectivity index (χ0v) is 9.55. The zero-order chi connectivity index (χ0) is 10.4. The molecule has 0 aromatic carbocycles. The van der Waals surface area contributed by atoms with Crippen LogP contribution in [0.4, 0.5) is 0 Å². The van der Waals surface area contributed by atoms with E-state index in [1.807, 2.05) is 0 Å². The summed E-state index contributed by atoms with van der Waals surface area (Å²) in [6.07, 6.45) is 3.73. The van der Waals surface area contributed by atoms with E-state index in [0.717, 1.165) is 19.5 Å². The smallest absolute Gasteiger partial charge is 0.0611 e. The number of aliphatic hydroxyl groups excluding tert-OH is 1. The van der Waals surface area contributed by atoms with Gasteiger partial charge in [-0.05, 0) is 52.4 Å². The number of nitrogens with one attached hydrogen (secondary N) is 1. The van der Waals surface area contributed by atoms with Crippen molar-refractivity contribution in [2.75, 3.05) is 32.8 Å². The molecule has 0 spiro atoms. The molecule has 1 rings (SSSR count). The van der Waals surface area contributed by atoms with Crippen molar-refractivity contribution < 1.29 is 5.11 Å². The third kappa shape index (κ3) is 3.56. The van der Waals surface area contributed by atoms with Gasteiger partial charge in [0, 0.05) is 5.54 Å². The number of hydrogen-bond donors (Lipinski definition) is 2. The van der Waals surface area contributed by atoms with Crippen molar-refractivity contribution in [2.45, 2.75) is 38.6 Å². The van der Waals surface area contributed by atoms with Gasteiger partial charge in [-0.1, -0.05) is 6.92 Å². The van der Waals surface area contributed by atoms with E-state index in [-0.39, 0.29) is 12.1 Å². The lowest BCUT2D eigenvalue weighted by Gasteiger charge is -2.30. The fourth-order valence-electron chi connectivity index (χ4n) is 2.06. The normalized spacial score (nSPS) is 22.5. The maximum atomic E-state index is 9.31. The monoisotopic (exact) mass is 200 g/mol. The van der Waals surface area contributed by atoms with E-state index in [0.29, 0.717) is 0 Å². The SMILES string of the molecule is CCNC(C)(CO)CCN1CCCC1. The molecule has 0 aromatic rings. The lowest BCUT2D eigenvalue weighted by atomic mass is 9.99. The summed E-state index contributed by atoms with van der Waals surface area (Å²) in [5.41, 5.74) is -0.0860. The van der Waals surface area contributed by atoms with E-state index < -0.39 is 0 Å². The summed E-state index contributed by atoms with van der Waals surface area (Å²) in [5.74, 6) is 0. The Labute approximate surface area is 87.5 Å². The first-order chi connectivity index (χ1) is 6.70. The minimum absolute atomic E-state index is 0.0860. The topological polar surface area (TPSA) is 35.5 Å². The van der Waals surface area contributed by atoms with Crippen molar-refractivity contribution in [3.8, 4) is 0 Å². The molecule has 0 saturated carbocycles. The van der Waals surface area contributed by atoms with Gasteiger partial charge in [0.05, 0.1) is 6.61 Å². The van der Waals surface area contributed by atoms with Crippen LogP contribution in [0, 0.1) is 0 Å². The molecule has 1 saturated heterocycles. The van der Waals surface area contributed by atoms with Crippen LogP contribution < -0.4 is 5.32 Å². The molecule has 0 aliphatic carbocycles. The largest absolute Gasteiger partial charge is 0.394 e.